The average molecular weight is 615 g/mol. The van der Waals surface area contributed by atoms with Gasteiger partial charge in [0.05, 0.1) is 23.5 Å². The van der Waals surface area contributed by atoms with Gasteiger partial charge in [0.15, 0.2) is 5.82 Å². The third-order valence-corrected chi connectivity index (χ3v) is 10.7. The fourth-order valence-corrected chi connectivity index (χ4v) is 6.74. The number of nitrogens with zero attached hydrogens (tertiary/aromatic N) is 4. The Balaban J connectivity index is 1.31. The molecule has 13 heteroatoms. The van der Waals surface area contributed by atoms with Crippen LogP contribution in [-0.2, 0) is 10.0 Å². The molecule has 1 spiro atoms. The van der Waals surface area contributed by atoms with Crippen LogP contribution in [0.3, 0.4) is 0 Å². The van der Waals surface area contributed by atoms with Crippen molar-refractivity contribution in [2.24, 2.45) is 5.41 Å². The first-order valence-electron chi connectivity index (χ1n) is 14.7. The maximum Gasteiger partial charge on any atom is 0.258 e. The number of sulfonamides is 1. The molecule has 0 radical (unpaired) electrons. The molecule has 3 aliphatic rings. The van der Waals surface area contributed by atoms with Crippen LogP contribution in [0.1, 0.15) is 55.8 Å². The second-order valence-corrected chi connectivity index (χ2v) is 14.2. The van der Waals surface area contributed by atoms with Crippen LogP contribution in [-0.4, -0.2) is 73.4 Å². The van der Waals surface area contributed by atoms with Crippen LogP contribution in [0.15, 0.2) is 42.6 Å². The Kier molecular flexibility index (Phi) is 7.66. The number of benzene rings is 1. The van der Waals surface area contributed by atoms with E-state index < -0.39 is 33.7 Å². The highest BCUT2D eigenvalue weighted by molar-refractivity contribution is 7.93. The molecule has 6 rings (SSSR count). The summed E-state index contributed by atoms with van der Waals surface area (Å²) >= 11 is 0. The number of pyridine rings is 2. The predicted molar refractivity (Wildman–Crippen MR) is 163 cm³/mol. The third kappa shape index (κ3) is 6.23. The highest BCUT2D eigenvalue weighted by Crippen LogP contribution is 2.54. The Morgan fingerprint density at radius 1 is 1.02 bits per heavy atom. The fourth-order valence-electron chi connectivity index (χ4n) is 5.89. The number of nitrogens with one attached hydrogen (secondary N) is 2. The van der Waals surface area contributed by atoms with Crippen LogP contribution in [0.25, 0.3) is 10.9 Å². The minimum absolute atomic E-state index is 0.121. The summed E-state index contributed by atoms with van der Waals surface area (Å²) in [4.78, 5) is 26.8. The van der Waals surface area contributed by atoms with Crippen LogP contribution < -0.4 is 19.8 Å². The molecule has 4 heterocycles. The molecule has 1 aromatic carbocycles. The minimum Gasteiger partial charge on any atom is -0.395 e. The summed E-state index contributed by atoms with van der Waals surface area (Å²) in [6.07, 6.45) is 5.49. The van der Waals surface area contributed by atoms with Crippen molar-refractivity contribution in [3.8, 4) is 0 Å². The van der Waals surface area contributed by atoms with Gasteiger partial charge < -0.3 is 20.2 Å². The second kappa shape index (κ2) is 11.2. The van der Waals surface area contributed by atoms with E-state index in [1.807, 2.05) is 6.07 Å². The Hall–Kier alpha value is -3.58. The Bertz CT molecular complexity index is 1630. The van der Waals surface area contributed by atoms with E-state index in [1.165, 1.54) is 25.8 Å². The first-order valence-corrected chi connectivity index (χ1v) is 16.2. The molecule has 230 valence electrons. The van der Waals surface area contributed by atoms with E-state index in [4.69, 9.17) is 0 Å². The summed E-state index contributed by atoms with van der Waals surface area (Å²) in [5, 5.41) is 12.0. The number of hydrogen-bond donors (Lipinski definition) is 3. The van der Waals surface area contributed by atoms with Crippen LogP contribution >= 0.6 is 0 Å². The molecule has 1 saturated carbocycles. The number of fused-ring (bicyclic) bond motifs is 1. The van der Waals surface area contributed by atoms with Crippen molar-refractivity contribution in [1.82, 2.24) is 9.97 Å². The molecule has 3 aromatic rings. The lowest BCUT2D eigenvalue weighted by atomic mass is 9.93. The van der Waals surface area contributed by atoms with Gasteiger partial charge in [-0.25, -0.2) is 22.2 Å². The Morgan fingerprint density at radius 2 is 1.72 bits per heavy atom. The molecule has 3 N–H and O–H groups in total. The van der Waals surface area contributed by atoms with Crippen LogP contribution in [0.4, 0.5) is 31.8 Å². The van der Waals surface area contributed by atoms with Crippen LogP contribution in [0.2, 0.25) is 0 Å². The van der Waals surface area contributed by atoms with Crippen molar-refractivity contribution in [3.05, 3.63) is 48.2 Å². The molecule has 1 aliphatic carbocycles. The third-order valence-electron chi connectivity index (χ3n) is 9.02. The highest BCUT2D eigenvalue weighted by atomic mass is 32.2. The summed E-state index contributed by atoms with van der Waals surface area (Å²) in [6.45, 7) is 2.62. The van der Waals surface area contributed by atoms with Gasteiger partial charge in [0.1, 0.15) is 16.6 Å². The summed E-state index contributed by atoms with van der Waals surface area (Å²) in [6, 6.07) is 10.1. The predicted octanol–water partition coefficient (Wildman–Crippen LogP) is 4.62. The molecule has 1 amide bonds. The van der Waals surface area contributed by atoms with E-state index >= 15 is 0 Å². The average Bonchev–Trinajstić information content (AvgIpc) is 3.74. The zero-order valence-electron chi connectivity index (χ0n) is 24.0. The summed E-state index contributed by atoms with van der Waals surface area (Å²) in [5.74, 6) is -2.43. The molecule has 43 heavy (non-hydrogen) atoms. The number of aromatic nitrogens is 2. The lowest BCUT2D eigenvalue weighted by Gasteiger charge is -2.35. The summed E-state index contributed by atoms with van der Waals surface area (Å²) < 4.78 is 55.6. The van der Waals surface area contributed by atoms with Gasteiger partial charge in [-0.1, -0.05) is 6.07 Å². The normalized spacial score (nSPS) is 20.2. The van der Waals surface area contributed by atoms with E-state index in [2.05, 4.69) is 24.9 Å². The molecule has 1 atom stereocenters. The smallest absolute Gasteiger partial charge is 0.258 e. The van der Waals surface area contributed by atoms with Crippen molar-refractivity contribution in [1.29, 1.82) is 0 Å². The number of halogens is 2. The van der Waals surface area contributed by atoms with Crippen LogP contribution in [0, 0.1) is 5.41 Å². The maximum absolute atomic E-state index is 13.9. The van der Waals surface area contributed by atoms with E-state index in [9.17, 15) is 27.1 Å². The number of carbonyl (C=O) groups excluding carboxylic acids is 1. The Labute approximate surface area is 249 Å². The van der Waals surface area contributed by atoms with E-state index in [0.29, 0.717) is 39.1 Å². The molecule has 2 aliphatic heterocycles. The second-order valence-electron chi connectivity index (χ2n) is 12.1. The number of rotatable bonds is 8. The molecule has 2 saturated heterocycles. The van der Waals surface area contributed by atoms with Crippen molar-refractivity contribution < 1.29 is 27.1 Å². The molecule has 0 bridgehead atoms. The van der Waals surface area contributed by atoms with Crippen molar-refractivity contribution >= 4 is 49.8 Å². The quantitative estimate of drug-likeness (QED) is 0.336. The van der Waals surface area contributed by atoms with E-state index in [-0.39, 0.29) is 31.7 Å². The largest absolute Gasteiger partial charge is 0.395 e. The van der Waals surface area contributed by atoms with E-state index in [0.717, 1.165) is 25.9 Å². The lowest BCUT2D eigenvalue weighted by molar-refractivity contribution is -0.0221. The number of aliphatic hydroxyl groups excluding tert-OH is 1. The number of anilines is 4. The lowest BCUT2D eigenvalue weighted by Crippen LogP contribution is -2.40. The number of hydrogen-bond acceptors (Lipinski definition) is 8. The fraction of sp³-hybridized carbons (Fsp3) is 0.500. The number of piperidine rings is 2. The van der Waals surface area contributed by atoms with Gasteiger partial charge in [0.2, 0.25) is 10.0 Å². The summed E-state index contributed by atoms with van der Waals surface area (Å²) in [7, 11) is -3.83. The highest BCUT2D eigenvalue weighted by Gasteiger charge is 2.44. The first-order chi connectivity index (χ1) is 20.5. The maximum atomic E-state index is 13.9. The zero-order chi connectivity index (χ0) is 30.4. The molecular weight excluding hydrogens is 578 g/mol. The number of amides is 1. The Morgan fingerprint density at radius 3 is 2.40 bits per heavy atom. The zero-order valence-corrected chi connectivity index (χ0v) is 24.8. The summed E-state index contributed by atoms with van der Waals surface area (Å²) in [5.41, 5.74) is 2.23. The van der Waals surface area contributed by atoms with Gasteiger partial charge in [0, 0.05) is 50.6 Å². The topological polar surface area (TPSA) is 128 Å². The monoisotopic (exact) mass is 614 g/mol. The molecular formula is C30H36F2N6O4S. The number of aliphatic hydroxyl groups is 1. The van der Waals surface area contributed by atoms with Gasteiger partial charge >= 0.3 is 0 Å². The standard InChI is InChI=1S/C30H36F2N6O4S/c1-20(19-39)43(41,42)36-22-4-5-23(24(18-22)37-13-8-29(6-7-29)9-14-37)28(40)35-25-17-21-3-2-12-33-26(21)27(34-25)38-15-10-30(31,32)11-16-38/h2-5,12,17-18,20,36,39H,6-11,13-16,19H2,1H3,(H,34,35,40). The molecule has 1 unspecified atom stereocenters. The van der Waals surface area contributed by atoms with Crippen molar-refractivity contribution in [2.75, 3.05) is 52.6 Å². The van der Waals surface area contributed by atoms with Gasteiger partial charge in [-0.3, -0.25) is 14.5 Å². The molecule has 3 fully saturated rings. The van der Waals surface area contributed by atoms with Crippen molar-refractivity contribution in [3.63, 3.8) is 0 Å². The van der Waals surface area contributed by atoms with Gasteiger partial charge in [0.25, 0.3) is 11.8 Å². The van der Waals surface area contributed by atoms with Gasteiger partial charge in [-0.2, -0.15) is 0 Å². The minimum atomic E-state index is -3.83. The van der Waals surface area contributed by atoms with Gasteiger partial charge in [-0.05, 0) is 68.4 Å². The van der Waals surface area contributed by atoms with E-state index in [1.54, 1.807) is 35.4 Å². The molecule has 10 nitrogen and oxygen atoms in total. The van der Waals surface area contributed by atoms with Crippen LogP contribution in [0.5, 0.6) is 0 Å². The SMILES string of the molecule is CC(CO)S(=O)(=O)Nc1ccc(C(=O)Nc2cc3cccnc3c(N3CCC(F)(F)CC3)n2)c(N2CCC3(CC2)CC3)c1. The number of carbonyl (C=O) groups is 1. The molecule has 2 aromatic heterocycles. The van der Waals surface area contributed by atoms with Gasteiger partial charge in [-0.15, -0.1) is 0 Å². The number of alkyl halides is 2. The van der Waals surface area contributed by atoms with Crippen molar-refractivity contribution in [2.45, 2.75) is 56.6 Å². The first kappa shape index (κ1) is 29.5.